The Bertz CT molecular complexity index is 969. The molecule has 4 aliphatic carbocycles. The molecule has 4 bridgehead atoms. The van der Waals surface area contributed by atoms with E-state index >= 15 is 0 Å². The van der Waals surface area contributed by atoms with Gasteiger partial charge in [-0.05, 0) is 76.0 Å². The summed E-state index contributed by atoms with van der Waals surface area (Å²) < 4.78 is 77.7. The fourth-order valence-electron chi connectivity index (χ4n) is 6.37. The van der Waals surface area contributed by atoms with E-state index in [2.05, 4.69) is 0 Å². The zero-order valence-electron chi connectivity index (χ0n) is 20.2. The molecule has 0 aromatic carbocycles. The van der Waals surface area contributed by atoms with Crippen LogP contribution in [0.25, 0.3) is 0 Å². The normalized spacial score (nSPS) is 36.4. The Morgan fingerprint density at radius 2 is 1.72 bits per heavy atom. The molecule has 10 nitrogen and oxygen atoms in total. The summed E-state index contributed by atoms with van der Waals surface area (Å²) in [5, 5.41) is -4.50. The zero-order valence-corrected chi connectivity index (χ0v) is 21.0. The van der Waals surface area contributed by atoms with Crippen LogP contribution in [0.1, 0.15) is 65.2 Å². The lowest BCUT2D eigenvalue weighted by Crippen LogP contribution is -2.58. The molecule has 0 aromatic rings. The number of hydrogen-bond donors (Lipinski definition) is 1. The Morgan fingerprint density at radius 1 is 1.14 bits per heavy atom. The number of carbonyl (C=O) groups is 3. The molecular weight excluding hydrogens is 506 g/mol. The molecule has 0 radical (unpaired) electrons. The third kappa shape index (κ3) is 5.24. The Hall–Kier alpha value is -1.86. The predicted octanol–water partition coefficient (Wildman–Crippen LogP) is 2.64. The second-order valence-corrected chi connectivity index (χ2v) is 12.2. The first kappa shape index (κ1) is 27.2. The quantitative estimate of drug-likeness (QED) is 0.191. The van der Waals surface area contributed by atoms with E-state index in [1.165, 1.54) is 6.42 Å². The number of ether oxygens (including phenoxy) is 4. The van der Waals surface area contributed by atoms with Crippen molar-refractivity contribution in [2.45, 2.75) is 94.4 Å². The molecule has 0 spiro atoms. The van der Waals surface area contributed by atoms with E-state index in [4.69, 9.17) is 23.5 Å². The fraction of sp³-hybridized carbons (Fsp3) is 0.870. The van der Waals surface area contributed by atoms with Crippen molar-refractivity contribution in [3.05, 3.63) is 0 Å². The van der Waals surface area contributed by atoms with Crippen molar-refractivity contribution in [1.82, 2.24) is 0 Å². The van der Waals surface area contributed by atoms with Crippen molar-refractivity contribution in [2.24, 2.45) is 23.7 Å². The molecule has 204 valence electrons. The SMILES string of the molecule is CC(OCCCC(=O)OC1CC(C(=O)OC2(C)C3CC4CC(C3)CC2C4)OC1=O)C(F)(F)S(=O)(=O)O. The molecule has 5 aliphatic rings. The van der Waals surface area contributed by atoms with E-state index in [1.54, 1.807) is 0 Å². The number of cyclic esters (lactones) is 1. The smallest absolute Gasteiger partial charge is 0.394 e. The summed E-state index contributed by atoms with van der Waals surface area (Å²) in [4.78, 5) is 37.1. The van der Waals surface area contributed by atoms with Gasteiger partial charge in [-0.3, -0.25) is 9.35 Å². The van der Waals surface area contributed by atoms with E-state index in [1.807, 2.05) is 6.92 Å². The van der Waals surface area contributed by atoms with Crippen molar-refractivity contribution < 1.29 is 55.1 Å². The first-order valence-corrected chi connectivity index (χ1v) is 13.7. The van der Waals surface area contributed by atoms with Crippen LogP contribution in [0.3, 0.4) is 0 Å². The van der Waals surface area contributed by atoms with E-state index in [-0.39, 0.29) is 19.3 Å². The van der Waals surface area contributed by atoms with Crippen molar-refractivity contribution in [2.75, 3.05) is 6.61 Å². The number of hydrogen-bond acceptors (Lipinski definition) is 9. The maximum atomic E-state index is 13.4. The molecule has 1 aliphatic heterocycles. The van der Waals surface area contributed by atoms with Gasteiger partial charge in [-0.25, -0.2) is 9.59 Å². The lowest BCUT2D eigenvalue weighted by atomic mass is 9.50. The van der Waals surface area contributed by atoms with Crippen LogP contribution < -0.4 is 0 Å². The van der Waals surface area contributed by atoms with Gasteiger partial charge >= 0.3 is 33.3 Å². The van der Waals surface area contributed by atoms with Gasteiger partial charge in [0.25, 0.3) is 0 Å². The fourth-order valence-corrected chi connectivity index (χ4v) is 6.85. The van der Waals surface area contributed by atoms with E-state index in [9.17, 15) is 31.6 Å². The minimum Gasteiger partial charge on any atom is -0.456 e. The number of esters is 3. The van der Waals surface area contributed by atoms with Crippen LogP contribution in [0.4, 0.5) is 8.78 Å². The summed E-state index contributed by atoms with van der Waals surface area (Å²) in [6.07, 6.45) is 0.218. The highest BCUT2D eigenvalue weighted by atomic mass is 32.2. The van der Waals surface area contributed by atoms with Crippen LogP contribution in [-0.4, -0.2) is 66.7 Å². The van der Waals surface area contributed by atoms with Crippen molar-refractivity contribution in [3.8, 4) is 0 Å². The molecule has 13 heteroatoms. The summed E-state index contributed by atoms with van der Waals surface area (Å²) in [6.45, 7) is 2.32. The molecular formula is C23H32F2O10S. The highest BCUT2D eigenvalue weighted by Gasteiger charge is 2.58. The molecule has 1 heterocycles. The van der Waals surface area contributed by atoms with Gasteiger partial charge < -0.3 is 18.9 Å². The van der Waals surface area contributed by atoms with Crippen LogP contribution in [0.2, 0.25) is 0 Å². The first-order valence-electron chi connectivity index (χ1n) is 12.3. The van der Waals surface area contributed by atoms with Crippen LogP contribution in [0.5, 0.6) is 0 Å². The second kappa shape index (κ2) is 9.79. The average Bonchev–Trinajstić information content (AvgIpc) is 3.14. The summed E-state index contributed by atoms with van der Waals surface area (Å²) >= 11 is 0. The summed E-state index contributed by atoms with van der Waals surface area (Å²) in [6, 6.07) is 0. The maximum absolute atomic E-state index is 13.4. The molecule has 4 saturated carbocycles. The van der Waals surface area contributed by atoms with E-state index in [0.717, 1.165) is 32.6 Å². The molecule has 5 rings (SSSR count). The number of rotatable bonds is 10. The van der Waals surface area contributed by atoms with Crippen LogP contribution in [0.15, 0.2) is 0 Å². The molecule has 36 heavy (non-hydrogen) atoms. The highest BCUT2D eigenvalue weighted by Crippen LogP contribution is 2.59. The number of halogens is 2. The Balaban J connectivity index is 1.21. The molecule has 1 N–H and O–H groups in total. The van der Waals surface area contributed by atoms with Gasteiger partial charge in [0.1, 0.15) is 11.7 Å². The zero-order chi connectivity index (χ0) is 26.5. The summed E-state index contributed by atoms with van der Waals surface area (Å²) in [5.74, 6) is -0.356. The van der Waals surface area contributed by atoms with Crippen LogP contribution >= 0.6 is 0 Å². The largest absolute Gasteiger partial charge is 0.456 e. The third-order valence-electron chi connectivity index (χ3n) is 8.28. The van der Waals surface area contributed by atoms with Gasteiger partial charge in [0.05, 0.1) is 0 Å². The van der Waals surface area contributed by atoms with E-state index in [0.29, 0.717) is 23.7 Å². The van der Waals surface area contributed by atoms with Crippen molar-refractivity contribution >= 4 is 28.0 Å². The molecule has 3 unspecified atom stereocenters. The van der Waals surface area contributed by atoms with Gasteiger partial charge in [-0.2, -0.15) is 17.2 Å². The van der Waals surface area contributed by atoms with Gasteiger partial charge in [0.15, 0.2) is 0 Å². The maximum Gasteiger partial charge on any atom is 0.394 e. The minimum atomic E-state index is -5.65. The number of carbonyl (C=O) groups excluding carboxylic acids is 3. The monoisotopic (exact) mass is 538 g/mol. The summed E-state index contributed by atoms with van der Waals surface area (Å²) in [5.41, 5.74) is -0.588. The van der Waals surface area contributed by atoms with Crippen molar-refractivity contribution in [1.29, 1.82) is 0 Å². The highest BCUT2D eigenvalue weighted by molar-refractivity contribution is 7.86. The van der Waals surface area contributed by atoms with Gasteiger partial charge in [0, 0.05) is 19.4 Å². The average molecular weight is 539 g/mol. The minimum absolute atomic E-state index is 0.110. The lowest BCUT2D eigenvalue weighted by Gasteiger charge is -2.59. The Kier molecular flexibility index (Phi) is 7.39. The van der Waals surface area contributed by atoms with Gasteiger partial charge in [0.2, 0.25) is 12.2 Å². The van der Waals surface area contributed by atoms with Crippen LogP contribution in [-0.2, 0) is 43.4 Å². The van der Waals surface area contributed by atoms with Gasteiger partial charge in [-0.15, -0.1) is 0 Å². The third-order valence-corrected chi connectivity index (χ3v) is 9.30. The van der Waals surface area contributed by atoms with Crippen molar-refractivity contribution in [3.63, 3.8) is 0 Å². The lowest BCUT2D eigenvalue weighted by molar-refractivity contribution is -0.211. The standard InChI is InChI=1S/C23H32F2O10S/c1-12(23(24,25)36(29,30)31)32-5-3-4-19(26)33-17-11-18(34-20(17)27)21(28)35-22(2)15-7-13-6-14(9-15)10-16(22)8-13/h12-18H,3-11H2,1-2H3,(H,29,30,31). The molecule has 0 amide bonds. The predicted molar refractivity (Wildman–Crippen MR) is 117 cm³/mol. The number of alkyl halides is 2. The molecule has 1 saturated heterocycles. The first-order chi connectivity index (χ1) is 16.7. The second-order valence-electron chi connectivity index (χ2n) is 10.7. The topological polar surface area (TPSA) is 142 Å². The molecule has 0 aromatic heterocycles. The van der Waals surface area contributed by atoms with E-state index < -0.39 is 63.8 Å². The van der Waals surface area contributed by atoms with Crippen LogP contribution in [0, 0.1) is 23.7 Å². The Labute approximate surface area is 208 Å². The summed E-state index contributed by atoms with van der Waals surface area (Å²) in [7, 11) is -5.65. The Morgan fingerprint density at radius 3 is 2.28 bits per heavy atom. The molecule has 3 atom stereocenters. The molecule has 5 fully saturated rings. The van der Waals surface area contributed by atoms with Gasteiger partial charge in [-0.1, -0.05) is 0 Å².